The van der Waals surface area contributed by atoms with E-state index in [1.807, 2.05) is 7.05 Å². The molecule has 0 aromatic carbocycles. The van der Waals surface area contributed by atoms with E-state index in [1.165, 1.54) is 0 Å². The second kappa shape index (κ2) is 2.89. The molecular weight excluding hydrogens is 174 g/mol. The highest BCUT2D eigenvalue weighted by Gasteiger charge is 2.48. The zero-order valence-corrected chi connectivity index (χ0v) is 7.95. The van der Waals surface area contributed by atoms with Crippen molar-refractivity contribution < 1.29 is 8.78 Å². The van der Waals surface area contributed by atoms with Gasteiger partial charge in [-0.1, -0.05) is 0 Å². The predicted molar refractivity (Wildman–Crippen MR) is 47.0 cm³/mol. The molecular formula is C9H16F2N2. The van der Waals surface area contributed by atoms with Crippen LogP contribution in [0, 0.1) is 5.41 Å². The van der Waals surface area contributed by atoms with Crippen LogP contribution in [-0.2, 0) is 0 Å². The van der Waals surface area contributed by atoms with Crippen molar-refractivity contribution >= 4 is 0 Å². The fourth-order valence-electron chi connectivity index (χ4n) is 2.63. The van der Waals surface area contributed by atoms with E-state index < -0.39 is 5.92 Å². The Morgan fingerprint density at radius 1 is 1.31 bits per heavy atom. The number of rotatable bonds is 0. The standard InChI is InChI=1S/C9H16F2N2/c1-13-3-2-8(7-13)4-9(10,11)6-12-5-8/h12H,2-7H2,1H3. The number of nitrogens with one attached hydrogen (secondary N) is 1. The number of piperidine rings is 1. The molecule has 1 atom stereocenters. The molecule has 1 spiro atoms. The van der Waals surface area contributed by atoms with Crippen molar-refractivity contribution in [3.63, 3.8) is 0 Å². The van der Waals surface area contributed by atoms with E-state index in [0.717, 1.165) is 26.1 Å². The molecule has 1 unspecified atom stereocenters. The first-order valence-electron chi connectivity index (χ1n) is 4.79. The summed E-state index contributed by atoms with van der Waals surface area (Å²) in [6, 6.07) is 0. The SMILES string of the molecule is CN1CCC2(CNCC(F)(F)C2)C1. The lowest BCUT2D eigenvalue weighted by atomic mass is 9.78. The zero-order valence-electron chi connectivity index (χ0n) is 7.95. The van der Waals surface area contributed by atoms with Gasteiger partial charge >= 0.3 is 0 Å². The molecule has 0 aromatic rings. The third kappa shape index (κ3) is 1.83. The highest BCUT2D eigenvalue weighted by molar-refractivity contribution is 4.98. The molecule has 2 saturated heterocycles. The third-order valence-corrected chi connectivity index (χ3v) is 3.15. The molecule has 13 heavy (non-hydrogen) atoms. The summed E-state index contributed by atoms with van der Waals surface area (Å²) in [6.45, 7) is 2.39. The van der Waals surface area contributed by atoms with Crippen LogP contribution in [0.5, 0.6) is 0 Å². The molecule has 0 saturated carbocycles. The van der Waals surface area contributed by atoms with E-state index in [-0.39, 0.29) is 18.4 Å². The fourth-order valence-corrected chi connectivity index (χ4v) is 2.63. The van der Waals surface area contributed by atoms with Gasteiger partial charge in [-0.3, -0.25) is 0 Å². The van der Waals surface area contributed by atoms with E-state index in [2.05, 4.69) is 10.2 Å². The lowest BCUT2D eigenvalue weighted by Crippen LogP contribution is -2.51. The van der Waals surface area contributed by atoms with Crippen molar-refractivity contribution in [1.29, 1.82) is 0 Å². The van der Waals surface area contributed by atoms with Gasteiger partial charge in [0.1, 0.15) is 0 Å². The summed E-state index contributed by atoms with van der Waals surface area (Å²) in [5.74, 6) is -2.50. The summed E-state index contributed by atoms with van der Waals surface area (Å²) in [5, 5.41) is 2.85. The van der Waals surface area contributed by atoms with Crippen molar-refractivity contribution in [3.05, 3.63) is 0 Å². The van der Waals surface area contributed by atoms with Crippen LogP contribution in [0.2, 0.25) is 0 Å². The van der Waals surface area contributed by atoms with Gasteiger partial charge in [0.2, 0.25) is 0 Å². The van der Waals surface area contributed by atoms with Crippen LogP contribution < -0.4 is 5.32 Å². The van der Waals surface area contributed by atoms with Crippen LogP contribution >= 0.6 is 0 Å². The summed E-state index contributed by atoms with van der Waals surface area (Å²) in [6.07, 6.45) is 0.976. The van der Waals surface area contributed by atoms with Crippen LogP contribution in [0.25, 0.3) is 0 Å². The highest BCUT2D eigenvalue weighted by Crippen LogP contribution is 2.41. The summed E-state index contributed by atoms with van der Waals surface area (Å²) >= 11 is 0. The Morgan fingerprint density at radius 2 is 2.08 bits per heavy atom. The molecule has 0 aromatic heterocycles. The fraction of sp³-hybridized carbons (Fsp3) is 1.00. The Hall–Kier alpha value is -0.220. The van der Waals surface area contributed by atoms with E-state index in [1.54, 1.807) is 0 Å². The van der Waals surface area contributed by atoms with Crippen LogP contribution in [0.4, 0.5) is 8.78 Å². The van der Waals surface area contributed by atoms with E-state index in [0.29, 0.717) is 0 Å². The molecule has 0 radical (unpaired) electrons. The monoisotopic (exact) mass is 190 g/mol. The maximum atomic E-state index is 13.1. The first-order valence-corrected chi connectivity index (χ1v) is 4.79. The second-order valence-electron chi connectivity index (χ2n) is 4.62. The minimum absolute atomic E-state index is 0.0668. The van der Waals surface area contributed by atoms with E-state index >= 15 is 0 Å². The maximum absolute atomic E-state index is 13.1. The number of halogens is 2. The molecule has 2 fully saturated rings. The van der Waals surface area contributed by atoms with Gasteiger partial charge in [-0.2, -0.15) is 0 Å². The van der Waals surface area contributed by atoms with Gasteiger partial charge in [-0.25, -0.2) is 8.78 Å². The molecule has 76 valence electrons. The summed E-state index contributed by atoms with van der Waals surface area (Å²) < 4.78 is 26.3. The molecule has 2 aliphatic rings. The van der Waals surface area contributed by atoms with Crippen molar-refractivity contribution in [1.82, 2.24) is 10.2 Å². The van der Waals surface area contributed by atoms with Crippen molar-refractivity contribution in [2.24, 2.45) is 5.41 Å². The zero-order chi connectivity index (χ0) is 9.53. The van der Waals surface area contributed by atoms with Crippen LogP contribution in [0.1, 0.15) is 12.8 Å². The number of hydrogen-bond donors (Lipinski definition) is 1. The minimum atomic E-state index is -2.50. The minimum Gasteiger partial charge on any atom is -0.311 e. The summed E-state index contributed by atoms with van der Waals surface area (Å²) in [4.78, 5) is 2.14. The maximum Gasteiger partial charge on any atom is 0.260 e. The van der Waals surface area contributed by atoms with Gasteiger partial charge in [0.05, 0.1) is 6.54 Å². The quantitative estimate of drug-likeness (QED) is 0.611. The van der Waals surface area contributed by atoms with Gasteiger partial charge in [-0.05, 0) is 20.0 Å². The van der Waals surface area contributed by atoms with Gasteiger partial charge in [0.25, 0.3) is 5.92 Å². The number of hydrogen-bond acceptors (Lipinski definition) is 2. The molecule has 4 heteroatoms. The molecule has 0 bridgehead atoms. The molecule has 2 heterocycles. The molecule has 1 N–H and O–H groups in total. The van der Waals surface area contributed by atoms with Gasteiger partial charge in [0, 0.05) is 24.9 Å². The number of likely N-dealkylation sites (tertiary alicyclic amines) is 1. The third-order valence-electron chi connectivity index (χ3n) is 3.15. The predicted octanol–water partition coefficient (Wildman–Crippen LogP) is 0.937. The molecule has 0 amide bonds. The largest absolute Gasteiger partial charge is 0.311 e. The Labute approximate surface area is 77.3 Å². The Kier molecular flexibility index (Phi) is 2.07. The average molecular weight is 190 g/mol. The smallest absolute Gasteiger partial charge is 0.260 e. The lowest BCUT2D eigenvalue weighted by molar-refractivity contribution is -0.0655. The molecule has 2 nitrogen and oxygen atoms in total. The molecule has 0 aliphatic carbocycles. The normalized spacial score (nSPS) is 39.9. The summed E-state index contributed by atoms with van der Waals surface area (Å²) in [7, 11) is 2.00. The lowest BCUT2D eigenvalue weighted by Gasteiger charge is -2.38. The highest BCUT2D eigenvalue weighted by atomic mass is 19.3. The first kappa shape index (κ1) is 9.34. The van der Waals surface area contributed by atoms with Crippen molar-refractivity contribution in [2.45, 2.75) is 18.8 Å². The van der Waals surface area contributed by atoms with Crippen molar-refractivity contribution in [3.8, 4) is 0 Å². The van der Waals surface area contributed by atoms with Gasteiger partial charge < -0.3 is 10.2 Å². The van der Waals surface area contributed by atoms with Gasteiger partial charge in [-0.15, -0.1) is 0 Å². The van der Waals surface area contributed by atoms with Crippen LogP contribution in [0.3, 0.4) is 0 Å². The Balaban J connectivity index is 2.07. The van der Waals surface area contributed by atoms with Gasteiger partial charge in [0.15, 0.2) is 0 Å². The van der Waals surface area contributed by atoms with E-state index in [4.69, 9.17) is 0 Å². The topological polar surface area (TPSA) is 15.3 Å². The van der Waals surface area contributed by atoms with Crippen molar-refractivity contribution in [2.75, 3.05) is 33.2 Å². The second-order valence-corrected chi connectivity index (χ2v) is 4.62. The van der Waals surface area contributed by atoms with Crippen LogP contribution in [-0.4, -0.2) is 44.0 Å². The number of alkyl halides is 2. The Morgan fingerprint density at radius 3 is 2.62 bits per heavy atom. The summed E-state index contributed by atoms with van der Waals surface area (Å²) in [5.41, 5.74) is -0.156. The van der Waals surface area contributed by atoms with Crippen LogP contribution in [0.15, 0.2) is 0 Å². The average Bonchev–Trinajstić information content (AvgIpc) is 2.29. The number of nitrogens with zero attached hydrogens (tertiary/aromatic N) is 1. The molecule has 2 rings (SSSR count). The molecule has 2 aliphatic heterocycles. The van der Waals surface area contributed by atoms with E-state index in [9.17, 15) is 8.78 Å². The first-order chi connectivity index (χ1) is 6.02. The Bertz CT molecular complexity index is 204.